The lowest BCUT2D eigenvalue weighted by molar-refractivity contribution is 0.563. The molecule has 0 aromatic heterocycles. The van der Waals surface area contributed by atoms with Crippen LogP contribution in [-0.4, -0.2) is 27.3 Å². The van der Waals surface area contributed by atoms with Gasteiger partial charge >= 0.3 is 0 Å². The number of rotatable bonds is 5. The van der Waals surface area contributed by atoms with Gasteiger partial charge in [0.25, 0.3) is 0 Å². The number of anilines is 1. The second-order valence-corrected chi connectivity index (χ2v) is 7.34. The smallest absolute Gasteiger partial charge is 0.235 e. The Bertz CT molecular complexity index is 543. The fourth-order valence-electron chi connectivity index (χ4n) is 2.61. The van der Waals surface area contributed by atoms with Gasteiger partial charge in [0.2, 0.25) is 10.0 Å². The maximum absolute atomic E-state index is 12.3. The lowest BCUT2D eigenvalue weighted by Gasteiger charge is -2.31. The third kappa shape index (κ3) is 3.33. The normalized spacial score (nSPS) is 19.8. The Morgan fingerprint density at radius 3 is 2.75 bits per heavy atom. The Balaban J connectivity index is 2.32. The molecular weight excluding hydrogens is 272 g/mol. The summed E-state index contributed by atoms with van der Waals surface area (Å²) < 4.78 is 26.1. The van der Waals surface area contributed by atoms with Gasteiger partial charge < -0.3 is 5.32 Å². The molecule has 20 heavy (non-hydrogen) atoms. The number of para-hydroxylation sites is 1. The van der Waals surface area contributed by atoms with E-state index in [0.29, 0.717) is 6.54 Å². The number of benzene rings is 1. The number of hydrogen-bond donors (Lipinski definition) is 1. The van der Waals surface area contributed by atoms with E-state index < -0.39 is 10.0 Å². The van der Waals surface area contributed by atoms with Crippen LogP contribution < -0.4 is 9.62 Å². The molecule has 1 aliphatic heterocycles. The minimum absolute atomic E-state index is 0.156. The molecule has 1 saturated heterocycles. The highest BCUT2D eigenvalue weighted by Crippen LogP contribution is 2.30. The zero-order chi connectivity index (χ0) is 14.6. The molecule has 1 atom stereocenters. The van der Waals surface area contributed by atoms with Gasteiger partial charge in [-0.1, -0.05) is 25.1 Å². The van der Waals surface area contributed by atoms with Gasteiger partial charge in [0.05, 0.1) is 11.4 Å². The molecule has 0 aliphatic carbocycles. The number of nitrogens with zero attached hydrogens (tertiary/aromatic N) is 1. The second kappa shape index (κ2) is 6.59. The molecule has 1 heterocycles. The van der Waals surface area contributed by atoms with E-state index in [0.717, 1.165) is 37.1 Å². The van der Waals surface area contributed by atoms with Gasteiger partial charge in [-0.3, -0.25) is 4.31 Å². The predicted molar refractivity (Wildman–Crippen MR) is 83.5 cm³/mol. The van der Waals surface area contributed by atoms with E-state index >= 15 is 0 Å². The van der Waals surface area contributed by atoms with Crippen LogP contribution in [0.15, 0.2) is 24.3 Å². The average molecular weight is 296 g/mol. The molecule has 1 N–H and O–H groups in total. The summed E-state index contributed by atoms with van der Waals surface area (Å²) in [5.41, 5.74) is 1.90. The number of hydrogen-bond acceptors (Lipinski definition) is 3. The van der Waals surface area contributed by atoms with Gasteiger partial charge in [0, 0.05) is 12.6 Å². The SMILES string of the molecule is CCCNC(C)c1ccccc1N1CCCCS1(=O)=O. The topological polar surface area (TPSA) is 49.4 Å². The molecule has 1 fully saturated rings. The Hall–Kier alpha value is -1.07. The van der Waals surface area contributed by atoms with Crippen molar-refractivity contribution in [3.63, 3.8) is 0 Å². The summed E-state index contributed by atoms with van der Waals surface area (Å²) in [6.07, 6.45) is 2.77. The molecule has 0 amide bonds. The zero-order valence-electron chi connectivity index (χ0n) is 12.3. The van der Waals surface area contributed by atoms with E-state index in [1.807, 2.05) is 24.3 Å². The summed E-state index contributed by atoms with van der Waals surface area (Å²) >= 11 is 0. The fourth-order valence-corrected chi connectivity index (χ4v) is 4.27. The minimum Gasteiger partial charge on any atom is -0.310 e. The van der Waals surface area contributed by atoms with Gasteiger partial charge in [-0.15, -0.1) is 0 Å². The lowest BCUT2D eigenvalue weighted by atomic mass is 10.1. The summed E-state index contributed by atoms with van der Waals surface area (Å²) in [7, 11) is -3.15. The lowest BCUT2D eigenvalue weighted by Crippen LogP contribution is -2.39. The van der Waals surface area contributed by atoms with Crippen LogP contribution in [0.1, 0.15) is 44.7 Å². The van der Waals surface area contributed by atoms with Crippen LogP contribution in [-0.2, 0) is 10.0 Å². The van der Waals surface area contributed by atoms with E-state index in [-0.39, 0.29) is 11.8 Å². The summed E-state index contributed by atoms with van der Waals surface area (Å²) in [6.45, 7) is 5.74. The first kappa shape index (κ1) is 15.3. The van der Waals surface area contributed by atoms with Crippen molar-refractivity contribution in [2.45, 2.75) is 39.2 Å². The van der Waals surface area contributed by atoms with Crippen molar-refractivity contribution in [2.75, 3.05) is 23.1 Å². The first-order chi connectivity index (χ1) is 9.56. The highest BCUT2D eigenvalue weighted by atomic mass is 32.2. The average Bonchev–Trinajstić information content (AvgIpc) is 2.44. The third-order valence-corrected chi connectivity index (χ3v) is 5.58. The molecule has 112 valence electrons. The van der Waals surface area contributed by atoms with Crippen LogP contribution in [0.25, 0.3) is 0 Å². The Morgan fingerprint density at radius 2 is 2.05 bits per heavy atom. The number of nitrogens with one attached hydrogen (secondary N) is 1. The summed E-state index contributed by atoms with van der Waals surface area (Å²) in [4.78, 5) is 0. The molecule has 1 unspecified atom stereocenters. The second-order valence-electron chi connectivity index (χ2n) is 5.33. The maximum Gasteiger partial charge on any atom is 0.235 e. The third-order valence-electron chi connectivity index (χ3n) is 3.72. The van der Waals surface area contributed by atoms with Crippen LogP contribution in [0.2, 0.25) is 0 Å². The van der Waals surface area contributed by atoms with Crippen LogP contribution in [0.5, 0.6) is 0 Å². The monoisotopic (exact) mass is 296 g/mol. The van der Waals surface area contributed by atoms with Gasteiger partial charge in [0.15, 0.2) is 0 Å². The fraction of sp³-hybridized carbons (Fsp3) is 0.600. The molecule has 1 aromatic carbocycles. The van der Waals surface area contributed by atoms with Crippen LogP contribution in [0.4, 0.5) is 5.69 Å². The van der Waals surface area contributed by atoms with Crippen molar-refractivity contribution in [1.82, 2.24) is 5.32 Å². The molecule has 0 radical (unpaired) electrons. The predicted octanol–water partition coefficient (Wildman–Crippen LogP) is 2.68. The minimum atomic E-state index is -3.15. The molecule has 0 spiro atoms. The largest absolute Gasteiger partial charge is 0.310 e. The molecule has 5 heteroatoms. The van der Waals surface area contributed by atoms with Gasteiger partial charge in [-0.05, 0) is 44.4 Å². The quantitative estimate of drug-likeness (QED) is 0.909. The van der Waals surface area contributed by atoms with E-state index in [2.05, 4.69) is 19.2 Å². The van der Waals surface area contributed by atoms with E-state index in [9.17, 15) is 8.42 Å². The van der Waals surface area contributed by atoms with Gasteiger partial charge in [0.1, 0.15) is 0 Å². The zero-order valence-corrected chi connectivity index (χ0v) is 13.1. The maximum atomic E-state index is 12.3. The molecule has 1 aromatic rings. The molecule has 1 aliphatic rings. The van der Waals surface area contributed by atoms with Crippen molar-refractivity contribution in [3.8, 4) is 0 Å². The summed E-state index contributed by atoms with van der Waals surface area (Å²) in [5, 5.41) is 3.43. The summed E-state index contributed by atoms with van der Waals surface area (Å²) in [5.74, 6) is 0.262. The van der Waals surface area contributed by atoms with E-state index in [1.54, 1.807) is 4.31 Å². The Labute approximate surface area is 122 Å². The Kier molecular flexibility index (Phi) is 5.05. The van der Waals surface area contributed by atoms with Crippen molar-refractivity contribution >= 4 is 15.7 Å². The first-order valence-electron chi connectivity index (χ1n) is 7.39. The van der Waals surface area contributed by atoms with Crippen LogP contribution in [0.3, 0.4) is 0 Å². The van der Waals surface area contributed by atoms with Crippen molar-refractivity contribution < 1.29 is 8.42 Å². The van der Waals surface area contributed by atoms with Gasteiger partial charge in [-0.2, -0.15) is 0 Å². The van der Waals surface area contributed by atoms with Crippen LogP contribution >= 0.6 is 0 Å². The van der Waals surface area contributed by atoms with Crippen molar-refractivity contribution in [3.05, 3.63) is 29.8 Å². The highest BCUT2D eigenvalue weighted by molar-refractivity contribution is 7.92. The highest BCUT2D eigenvalue weighted by Gasteiger charge is 2.28. The Morgan fingerprint density at radius 1 is 1.30 bits per heavy atom. The van der Waals surface area contributed by atoms with E-state index in [1.165, 1.54) is 0 Å². The summed E-state index contributed by atoms with van der Waals surface area (Å²) in [6, 6.07) is 7.98. The molecular formula is C15H24N2O2S. The molecule has 0 bridgehead atoms. The standard InChI is InChI=1S/C15H24N2O2S/c1-3-10-16-13(2)14-8-4-5-9-15(14)17-11-6-7-12-20(17,18)19/h4-5,8-9,13,16H,3,6-7,10-12H2,1-2H3. The number of sulfonamides is 1. The molecule has 4 nitrogen and oxygen atoms in total. The van der Waals surface area contributed by atoms with Gasteiger partial charge in [-0.25, -0.2) is 8.42 Å². The van der Waals surface area contributed by atoms with Crippen molar-refractivity contribution in [2.24, 2.45) is 0 Å². The van der Waals surface area contributed by atoms with Crippen molar-refractivity contribution in [1.29, 1.82) is 0 Å². The molecule has 2 rings (SSSR count). The van der Waals surface area contributed by atoms with E-state index in [4.69, 9.17) is 0 Å². The molecule has 0 saturated carbocycles. The first-order valence-corrected chi connectivity index (χ1v) is 9.00. The van der Waals surface area contributed by atoms with Crippen LogP contribution in [0, 0.1) is 0 Å².